The summed E-state index contributed by atoms with van der Waals surface area (Å²) in [6, 6.07) is 13.1. The smallest absolute Gasteiger partial charge is 0.392 e. The fourth-order valence-electron chi connectivity index (χ4n) is 2.78. The predicted octanol–water partition coefficient (Wildman–Crippen LogP) is 5.60. The maximum Gasteiger partial charge on any atom is 0.516 e. The van der Waals surface area contributed by atoms with E-state index < -0.39 is 15.5 Å². The van der Waals surface area contributed by atoms with Crippen molar-refractivity contribution in [2.45, 2.75) is 51.6 Å². The molecule has 0 saturated carbocycles. The van der Waals surface area contributed by atoms with Crippen molar-refractivity contribution in [3.8, 4) is 0 Å². The van der Waals surface area contributed by atoms with Gasteiger partial charge in [0.05, 0.1) is 5.69 Å². The highest BCUT2D eigenvalue weighted by Crippen LogP contribution is 2.29. The van der Waals surface area contributed by atoms with Gasteiger partial charge in [-0.05, 0) is 31.9 Å². The number of nitrogens with one attached hydrogen (secondary N) is 1. The van der Waals surface area contributed by atoms with E-state index in [2.05, 4.69) is 5.16 Å². The number of rotatable bonds is 9. The molecular formula is C21H25F3N2O3S. The topological polar surface area (TPSA) is 67.8 Å². The monoisotopic (exact) mass is 442 g/mol. The van der Waals surface area contributed by atoms with Crippen LogP contribution in [0.15, 0.2) is 53.7 Å². The van der Waals surface area contributed by atoms with E-state index in [1.165, 1.54) is 12.1 Å². The molecule has 2 aromatic rings. The normalized spacial score (nSPS) is 13.7. The Labute approximate surface area is 175 Å². The van der Waals surface area contributed by atoms with Crippen LogP contribution in [-0.4, -0.2) is 25.7 Å². The first kappa shape index (κ1) is 23.7. The van der Waals surface area contributed by atoms with E-state index in [1.54, 1.807) is 48.0 Å². The molecule has 9 heteroatoms. The van der Waals surface area contributed by atoms with Crippen molar-refractivity contribution in [2.75, 3.05) is 4.72 Å². The van der Waals surface area contributed by atoms with Gasteiger partial charge in [-0.25, -0.2) is 0 Å². The van der Waals surface area contributed by atoms with Crippen LogP contribution in [0.3, 0.4) is 0 Å². The van der Waals surface area contributed by atoms with Gasteiger partial charge < -0.3 is 4.84 Å². The van der Waals surface area contributed by atoms with Crippen LogP contribution in [0.2, 0.25) is 0 Å². The molecule has 0 aliphatic rings. The Balaban J connectivity index is 2.59. The van der Waals surface area contributed by atoms with E-state index in [-0.39, 0.29) is 23.1 Å². The molecule has 0 heterocycles. The maximum absolute atomic E-state index is 12.9. The lowest BCUT2D eigenvalue weighted by Crippen LogP contribution is -2.30. The van der Waals surface area contributed by atoms with Gasteiger partial charge in [-0.1, -0.05) is 67.4 Å². The van der Waals surface area contributed by atoms with Crippen LogP contribution in [0.4, 0.5) is 18.9 Å². The molecule has 0 fully saturated rings. The van der Waals surface area contributed by atoms with Crippen LogP contribution in [0.5, 0.6) is 0 Å². The van der Waals surface area contributed by atoms with Gasteiger partial charge in [-0.2, -0.15) is 21.6 Å². The molecular weight excluding hydrogens is 417 g/mol. The van der Waals surface area contributed by atoms with Gasteiger partial charge in [-0.3, -0.25) is 4.72 Å². The van der Waals surface area contributed by atoms with E-state index in [4.69, 9.17) is 4.84 Å². The molecule has 0 aliphatic heterocycles. The minimum absolute atomic E-state index is 0.158. The Hall–Kier alpha value is -2.55. The molecule has 1 N–H and O–H groups in total. The number of anilines is 1. The van der Waals surface area contributed by atoms with E-state index in [0.717, 1.165) is 18.4 Å². The van der Waals surface area contributed by atoms with Crippen LogP contribution in [-0.2, 0) is 14.9 Å². The average Bonchev–Trinajstić information content (AvgIpc) is 2.69. The van der Waals surface area contributed by atoms with Crippen molar-refractivity contribution in [3.05, 3.63) is 65.2 Å². The number of nitrogens with zero attached hydrogens (tertiary/aromatic N) is 1. The molecule has 164 valence electrons. The highest BCUT2D eigenvalue weighted by atomic mass is 32.2. The molecule has 0 aromatic heterocycles. The molecule has 0 aliphatic carbocycles. The number of hydrogen-bond donors (Lipinski definition) is 1. The van der Waals surface area contributed by atoms with Crippen LogP contribution in [0, 0.1) is 6.92 Å². The van der Waals surface area contributed by atoms with Crippen molar-refractivity contribution in [1.29, 1.82) is 0 Å². The number of sulfonamides is 1. The molecule has 0 radical (unpaired) electrons. The van der Waals surface area contributed by atoms with Gasteiger partial charge in [0.1, 0.15) is 11.8 Å². The zero-order valence-corrected chi connectivity index (χ0v) is 17.8. The highest BCUT2D eigenvalue weighted by molar-refractivity contribution is 7.93. The third kappa shape index (κ3) is 5.98. The summed E-state index contributed by atoms with van der Waals surface area (Å²) >= 11 is 0. The molecule has 5 nitrogen and oxygen atoms in total. The van der Waals surface area contributed by atoms with Gasteiger partial charge in [-0.15, -0.1) is 0 Å². The summed E-state index contributed by atoms with van der Waals surface area (Å²) in [4.78, 5) is 5.68. The van der Waals surface area contributed by atoms with E-state index >= 15 is 0 Å². The molecule has 0 spiro atoms. The lowest BCUT2D eigenvalue weighted by molar-refractivity contribution is -0.0429. The van der Waals surface area contributed by atoms with Crippen molar-refractivity contribution in [1.82, 2.24) is 0 Å². The van der Waals surface area contributed by atoms with Crippen molar-refractivity contribution < 1.29 is 26.4 Å². The molecule has 30 heavy (non-hydrogen) atoms. The second-order valence-electron chi connectivity index (χ2n) is 6.83. The first-order valence-electron chi connectivity index (χ1n) is 9.58. The summed E-state index contributed by atoms with van der Waals surface area (Å²) in [5.74, 6) is 0. The lowest BCUT2D eigenvalue weighted by Gasteiger charge is -2.18. The Kier molecular flexibility index (Phi) is 7.89. The molecule has 2 aromatic carbocycles. The predicted molar refractivity (Wildman–Crippen MR) is 112 cm³/mol. The molecule has 1 unspecified atom stereocenters. The number of aryl methyl sites for hydroxylation is 1. The molecule has 0 saturated heterocycles. The Morgan fingerprint density at radius 3 is 2.37 bits per heavy atom. The minimum Gasteiger partial charge on any atom is -0.392 e. The summed E-state index contributed by atoms with van der Waals surface area (Å²) in [5, 5.41) is 4.25. The second kappa shape index (κ2) is 9.97. The minimum atomic E-state index is -5.59. The Morgan fingerprint density at radius 1 is 1.13 bits per heavy atom. The molecule has 0 bridgehead atoms. The van der Waals surface area contributed by atoms with Crippen molar-refractivity contribution in [2.24, 2.45) is 5.16 Å². The number of alkyl halides is 3. The SMILES string of the molecule is CCCC(CC)O/N=C(\c1ccccc1)c1cc(C)ccc1NS(=O)(=O)C(F)(F)F. The largest absolute Gasteiger partial charge is 0.516 e. The zero-order chi connectivity index (χ0) is 22.4. The first-order valence-corrected chi connectivity index (χ1v) is 11.1. The number of hydrogen-bond acceptors (Lipinski definition) is 4. The number of benzene rings is 2. The number of oxime groups is 1. The van der Waals surface area contributed by atoms with Gasteiger partial charge in [0.25, 0.3) is 0 Å². The third-order valence-corrected chi connectivity index (χ3v) is 5.48. The molecule has 0 amide bonds. The Bertz CT molecular complexity index is 975. The van der Waals surface area contributed by atoms with E-state index in [9.17, 15) is 21.6 Å². The Morgan fingerprint density at radius 2 is 1.80 bits per heavy atom. The lowest BCUT2D eigenvalue weighted by atomic mass is 9.99. The zero-order valence-electron chi connectivity index (χ0n) is 17.0. The van der Waals surface area contributed by atoms with Crippen LogP contribution >= 0.6 is 0 Å². The summed E-state index contributed by atoms with van der Waals surface area (Å²) in [7, 11) is -5.59. The highest BCUT2D eigenvalue weighted by Gasteiger charge is 2.46. The quantitative estimate of drug-likeness (QED) is 0.406. The van der Waals surface area contributed by atoms with Crippen molar-refractivity contribution in [3.63, 3.8) is 0 Å². The fraction of sp³-hybridized carbons (Fsp3) is 0.381. The average molecular weight is 443 g/mol. The summed E-state index contributed by atoms with van der Waals surface area (Å²) in [6.45, 7) is 5.72. The van der Waals surface area contributed by atoms with Gasteiger partial charge in [0, 0.05) is 11.1 Å². The summed E-state index contributed by atoms with van der Waals surface area (Å²) < 4.78 is 63.9. The van der Waals surface area contributed by atoms with Crippen LogP contribution in [0.1, 0.15) is 49.8 Å². The third-order valence-electron chi connectivity index (χ3n) is 4.39. The maximum atomic E-state index is 12.9. The van der Waals surface area contributed by atoms with E-state index in [1.807, 2.05) is 13.8 Å². The van der Waals surface area contributed by atoms with Crippen LogP contribution in [0.25, 0.3) is 0 Å². The van der Waals surface area contributed by atoms with Crippen LogP contribution < -0.4 is 4.72 Å². The van der Waals surface area contributed by atoms with E-state index in [0.29, 0.717) is 12.0 Å². The second-order valence-corrected chi connectivity index (χ2v) is 8.50. The fourth-order valence-corrected chi connectivity index (χ4v) is 3.36. The molecule has 2 rings (SSSR count). The number of halogens is 3. The van der Waals surface area contributed by atoms with Gasteiger partial charge in [0.15, 0.2) is 0 Å². The summed E-state index contributed by atoms with van der Waals surface area (Å²) in [6.07, 6.45) is 2.20. The summed E-state index contributed by atoms with van der Waals surface area (Å²) in [5.41, 5.74) is -3.92. The van der Waals surface area contributed by atoms with Gasteiger partial charge >= 0.3 is 15.5 Å². The van der Waals surface area contributed by atoms with Crippen molar-refractivity contribution >= 4 is 21.4 Å². The molecule has 1 atom stereocenters. The van der Waals surface area contributed by atoms with Gasteiger partial charge in [0.2, 0.25) is 0 Å². The first-order chi connectivity index (χ1) is 14.1. The standard InChI is InChI=1S/C21H25F3N2O3S/c1-4-9-17(5-2)29-25-20(16-10-7-6-8-11-16)18-14-15(3)12-13-19(18)26-30(27,28)21(22,23)24/h6-8,10-14,17,26H,4-5,9H2,1-3H3/b25-20+.